The summed E-state index contributed by atoms with van der Waals surface area (Å²) in [6.07, 6.45) is 3.35. The fourth-order valence-corrected chi connectivity index (χ4v) is 4.79. The molecule has 4 rings (SSSR count). The van der Waals surface area contributed by atoms with Gasteiger partial charge >= 0.3 is 0 Å². The summed E-state index contributed by atoms with van der Waals surface area (Å²) >= 11 is 1.68. The number of benzene rings is 1. The molecule has 1 aromatic heterocycles. The molecule has 5 heteroatoms. The monoisotopic (exact) mass is 341 g/mol. The summed E-state index contributed by atoms with van der Waals surface area (Å²) in [4.78, 5) is 18.3. The summed E-state index contributed by atoms with van der Waals surface area (Å²) in [5.41, 5.74) is 2.46. The molecule has 2 fully saturated rings. The van der Waals surface area contributed by atoms with Crippen LogP contribution in [0.3, 0.4) is 0 Å². The minimum atomic E-state index is 0.224. The van der Waals surface area contributed by atoms with Crippen LogP contribution in [0, 0.1) is 18.3 Å². The zero-order valence-electron chi connectivity index (χ0n) is 14.0. The van der Waals surface area contributed by atoms with E-state index < -0.39 is 0 Å². The van der Waals surface area contributed by atoms with Gasteiger partial charge < -0.3 is 10.6 Å². The molecule has 1 amide bonds. The Balaban J connectivity index is 1.38. The zero-order chi connectivity index (χ0) is 16.6. The molecule has 2 aliphatic rings. The van der Waals surface area contributed by atoms with Crippen LogP contribution in [-0.2, 0) is 11.3 Å². The lowest BCUT2D eigenvalue weighted by atomic mass is 9.92. The molecule has 24 heavy (non-hydrogen) atoms. The maximum atomic E-state index is 12.5. The molecular formula is C19H23N3OS. The molecule has 1 unspecified atom stereocenters. The summed E-state index contributed by atoms with van der Waals surface area (Å²) in [5.74, 6) is 0.451. The van der Waals surface area contributed by atoms with E-state index in [9.17, 15) is 4.79 Å². The van der Waals surface area contributed by atoms with Crippen molar-refractivity contribution in [2.24, 2.45) is 11.3 Å². The second-order valence-corrected chi connectivity index (χ2v) is 8.06. The third-order valence-electron chi connectivity index (χ3n) is 5.44. The molecule has 2 heterocycles. The number of nitrogens with zero attached hydrogens (tertiary/aromatic N) is 1. The van der Waals surface area contributed by atoms with Gasteiger partial charge in [0.1, 0.15) is 5.01 Å². The van der Waals surface area contributed by atoms with Crippen LogP contribution >= 0.6 is 11.3 Å². The van der Waals surface area contributed by atoms with Gasteiger partial charge in [0, 0.05) is 16.4 Å². The number of piperidine rings is 1. The maximum absolute atomic E-state index is 12.5. The predicted molar refractivity (Wildman–Crippen MR) is 96.8 cm³/mol. The van der Waals surface area contributed by atoms with E-state index in [1.54, 1.807) is 11.3 Å². The first kappa shape index (κ1) is 15.8. The van der Waals surface area contributed by atoms with Gasteiger partial charge in [0.25, 0.3) is 0 Å². The van der Waals surface area contributed by atoms with Crippen LogP contribution in [0.15, 0.2) is 30.3 Å². The van der Waals surface area contributed by atoms with Gasteiger partial charge in [-0.25, -0.2) is 4.98 Å². The highest BCUT2D eigenvalue weighted by molar-refractivity contribution is 7.15. The van der Waals surface area contributed by atoms with Crippen LogP contribution in [0.25, 0.3) is 10.6 Å². The third kappa shape index (κ3) is 2.98. The largest absolute Gasteiger partial charge is 0.351 e. The summed E-state index contributed by atoms with van der Waals surface area (Å²) in [5, 5.41) is 7.56. The average Bonchev–Trinajstić information content (AvgIpc) is 3.17. The fraction of sp³-hybridized carbons (Fsp3) is 0.474. The minimum Gasteiger partial charge on any atom is -0.351 e. The van der Waals surface area contributed by atoms with Crippen LogP contribution in [0.2, 0.25) is 0 Å². The van der Waals surface area contributed by atoms with Crippen molar-refractivity contribution in [3.63, 3.8) is 0 Å². The Morgan fingerprint density at radius 2 is 2.08 bits per heavy atom. The maximum Gasteiger partial charge on any atom is 0.223 e. The average molecular weight is 341 g/mol. The molecule has 1 aromatic carbocycles. The van der Waals surface area contributed by atoms with Crippen molar-refractivity contribution in [2.75, 3.05) is 13.1 Å². The summed E-state index contributed by atoms with van der Waals surface area (Å²) in [6.45, 7) is 4.73. The molecule has 1 aliphatic heterocycles. The Bertz CT molecular complexity index is 734. The van der Waals surface area contributed by atoms with Crippen LogP contribution < -0.4 is 10.6 Å². The first-order chi connectivity index (χ1) is 11.7. The molecule has 0 radical (unpaired) electrons. The number of amides is 1. The molecule has 1 saturated heterocycles. The van der Waals surface area contributed by atoms with Crippen molar-refractivity contribution in [2.45, 2.75) is 32.7 Å². The van der Waals surface area contributed by atoms with E-state index in [2.05, 4.69) is 27.8 Å². The molecular weight excluding hydrogens is 318 g/mol. The summed E-state index contributed by atoms with van der Waals surface area (Å²) < 4.78 is 0. The number of carbonyl (C=O) groups excluding carboxylic acids is 1. The Morgan fingerprint density at radius 3 is 2.83 bits per heavy atom. The third-order valence-corrected chi connectivity index (χ3v) is 6.65. The lowest BCUT2D eigenvalue weighted by Gasteiger charge is -2.23. The van der Waals surface area contributed by atoms with Crippen molar-refractivity contribution in [3.05, 3.63) is 40.9 Å². The highest BCUT2D eigenvalue weighted by Gasteiger charge is 2.57. The van der Waals surface area contributed by atoms with Crippen LogP contribution in [-0.4, -0.2) is 24.0 Å². The second-order valence-electron chi connectivity index (χ2n) is 6.98. The Hall–Kier alpha value is -1.72. The number of rotatable bonds is 4. The topological polar surface area (TPSA) is 54.0 Å². The molecule has 4 nitrogen and oxygen atoms in total. The first-order valence-electron chi connectivity index (χ1n) is 8.68. The fourth-order valence-electron chi connectivity index (χ4n) is 3.78. The van der Waals surface area contributed by atoms with Crippen molar-refractivity contribution in [3.8, 4) is 10.6 Å². The van der Waals surface area contributed by atoms with Crippen LogP contribution in [0.5, 0.6) is 0 Å². The molecule has 2 N–H and O–H groups in total. The first-order valence-corrected chi connectivity index (χ1v) is 9.50. The van der Waals surface area contributed by atoms with Gasteiger partial charge in [0.05, 0.1) is 12.2 Å². The van der Waals surface area contributed by atoms with Crippen LogP contribution in [0.4, 0.5) is 0 Å². The van der Waals surface area contributed by atoms with Gasteiger partial charge in [-0.1, -0.05) is 30.3 Å². The second kappa shape index (κ2) is 6.30. The van der Waals surface area contributed by atoms with Gasteiger partial charge in [-0.15, -0.1) is 11.3 Å². The van der Waals surface area contributed by atoms with Gasteiger partial charge in [0.2, 0.25) is 5.91 Å². The molecule has 2 aromatic rings. The lowest BCUT2D eigenvalue weighted by Crippen LogP contribution is -2.33. The normalized spacial score (nSPS) is 21.6. The SMILES string of the molecule is Cc1nc(-c2ccccc2)sc1CNC(=O)C1CC12CCNCC2. The number of thiazole rings is 1. The van der Waals surface area contributed by atoms with Gasteiger partial charge in [-0.3, -0.25) is 4.79 Å². The summed E-state index contributed by atoms with van der Waals surface area (Å²) in [6, 6.07) is 10.2. The molecule has 1 atom stereocenters. The number of hydrogen-bond acceptors (Lipinski definition) is 4. The van der Waals surface area contributed by atoms with Crippen molar-refractivity contribution in [1.82, 2.24) is 15.6 Å². The van der Waals surface area contributed by atoms with Gasteiger partial charge in [-0.05, 0) is 44.7 Å². The molecule has 1 spiro atoms. The minimum absolute atomic E-state index is 0.224. The highest BCUT2D eigenvalue weighted by Crippen LogP contribution is 2.58. The number of aromatic nitrogens is 1. The van der Waals surface area contributed by atoms with Gasteiger partial charge in [-0.2, -0.15) is 0 Å². The van der Waals surface area contributed by atoms with Crippen molar-refractivity contribution >= 4 is 17.2 Å². The lowest BCUT2D eigenvalue weighted by molar-refractivity contribution is -0.123. The van der Waals surface area contributed by atoms with E-state index in [1.807, 2.05) is 25.1 Å². The molecule has 1 aliphatic carbocycles. The van der Waals surface area contributed by atoms with Gasteiger partial charge in [0.15, 0.2) is 0 Å². The van der Waals surface area contributed by atoms with E-state index >= 15 is 0 Å². The number of carbonyl (C=O) groups is 1. The molecule has 1 saturated carbocycles. The smallest absolute Gasteiger partial charge is 0.223 e. The number of nitrogens with one attached hydrogen (secondary N) is 2. The Labute approximate surface area is 146 Å². The molecule has 126 valence electrons. The molecule has 0 bridgehead atoms. The van der Waals surface area contributed by atoms with E-state index in [1.165, 1.54) is 0 Å². The highest BCUT2D eigenvalue weighted by atomic mass is 32.1. The van der Waals surface area contributed by atoms with E-state index in [4.69, 9.17) is 0 Å². The van der Waals surface area contributed by atoms with E-state index in [0.717, 1.165) is 53.5 Å². The Morgan fingerprint density at radius 1 is 1.33 bits per heavy atom. The van der Waals surface area contributed by atoms with Crippen molar-refractivity contribution < 1.29 is 4.79 Å². The van der Waals surface area contributed by atoms with E-state index in [0.29, 0.717) is 12.0 Å². The summed E-state index contributed by atoms with van der Waals surface area (Å²) in [7, 11) is 0. The zero-order valence-corrected chi connectivity index (χ0v) is 14.8. The van der Waals surface area contributed by atoms with Crippen LogP contribution in [0.1, 0.15) is 29.8 Å². The van der Waals surface area contributed by atoms with E-state index in [-0.39, 0.29) is 11.8 Å². The predicted octanol–water partition coefficient (Wildman–Crippen LogP) is 3.12. The number of aryl methyl sites for hydroxylation is 1. The number of hydrogen-bond donors (Lipinski definition) is 2. The Kier molecular flexibility index (Phi) is 4.14. The standard InChI is InChI=1S/C19H23N3OS/c1-13-16(24-18(22-13)14-5-3-2-4-6-14)12-21-17(23)15-11-19(15)7-9-20-10-8-19/h2-6,15,20H,7-12H2,1H3,(H,21,23). The van der Waals surface area contributed by atoms with Crippen molar-refractivity contribution in [1.29, 1.82) is 0 Å². The quantitative estimate of drug-likeness (QED) is 0.898.